The van der Waals surface area contributed by atoms with E-state index in [0.29, 0.717) is 6.04 Å². The molecule has 0 bridgehead atoms. The molecule has 1 unspecified atom stereocenters. The summed E-state index contributed by atoms with van der Waals surface area (Å²) in [6.07, 6.45) is 1.10. The highest BCUT2D eigenvalue weighted by Gasteiger charge is 2.09. The zero-order valence-electron chi connectivity index (χ0n) is 10.7. The minimum absolute atomic E-state index is 0.430. The molecule has 0 aliphatic heterocycles. The van der Waals surface area contributed by atoms with E-state index >= 15 is 0 Å². The molecule has 96 valence electrons. The summed E-state index contributed by atoms with van der Waals surface area (Å²) in [5.41, 5.74) is 2.69. The zero-order chi connectivity index (χ0) is 13.0. The number of rotatable bonds is 5. The van der Waals surface area contributed by atoms with Gasteiger partial charge in [-0.1, -0.05) is 36.8 Å². The van der Waals surface area contributed by atoms with Crippen LogP contribution in [0.2, 0.25) is 0 Å². The highest BCUT2D eigenvalue weighted by atomic mass is 79.9. The number of thiophene rings is 1. The standard InChI is InChI=1S/C15H18BrNS/c1-3-14(12-6-4-11(2)5-7-12)17-10-15-13(16)8-9-18-15/h4-9,14,17H,3,10H2,1-2H3. The molecule has 0 fully saturated rings. The van der Waals surface area contributed by atoms with Crippen molar-refractivity contribution in [1.29, 1.82) is 0 Å². The van der Waals surface area contributed by atoms with Gasteiger partial charge in [-0.3, -0.25) is 0 Å². The number of hydrogen-bond donors (Lipinski definition) is 1. The zero-order valence-corrected chi connectivity index (χ0v) is 13.1. The van der Waals surface area contributed by atoms with Gasteiger partial charge in [-0.05, 0) is 46.3 Å². The lowest BCUT2D eigenvalue weighted by Crippen LogP contribution is -2.19. The van der Waals surface area contributed by atoms with Gasteiger partial charge in [0.2, 0.25) is 0 Å². The number of hydrogen-bond acceptors (Lipinski definition) is 2. The first-order valence-corrected chi connectivity index (χ1v) is 7.89. The molecule has 0 aliphatic rings. The van der Waals surface area contributed by atoms with Crippen molar-refractivity contribution in [2.45, 2.75) is 32.9 Å². The molecule has 18 heavy (non-hydrogen) atoms. The van der Waals surface area contributed by atoms with E-state index in [1.807, 2.05) is 0 Å². The van der Waals surface area contributed by atoms with Crippen molar-refractivity contribution in [2.24, 2.45) is 0 Å². The molecule has 3 heteroatoms. The Morgan fingerprint density at radius 2 is 1.94 bits per heavy atom. The van der Waals surface area contributed by atoms with E-state index < -0.39 is 0 Å². The number of aryl methyl sites for hydroxylation is 1. The Balaban J connectivity index is 2.01. The van der Waals surface area contributed by atoms with Gasteiger partial charge in [0.25, 0.3) is 0 Å². The summed E-state index contributed by atoms with van der Waals surface area (Å²) >= 11 is 5.36. The Hall–Kier alpha value is -0.640. The molecule has 1 N–H and O–H groups in total. The minimum Gasteiger partial charge on any atom is -0.305 e. The fourth-order valence-corrected chi connectivity index (χ4v) is 3.41. The molecular weight excluding hydrogens is 306 g/mol. The van der Waals surface area contributed by atoms with E-state index in [1.165, 1.54) is 20.5 Å². The lowest BCUT2D eigenvalue weighted by molar-refractivity contribution is 0.521. The fraction of sp³-hybridized carbons (Fsp3) is 0.333. The van der Waals surface area contributed by atoms with Crippen LogP contribution in [0, 0.1) is 6.92 Å². The average Bonchev–Trinajstić information content (AvgIpc) is 2.78. The van der Waals surface area contributed by atoms with Crippen LogP contribution in [0.4, 0.5) is 0 Å². The second-order valence-corrected chi connectivity index (χ2v) is 6.30. The SMILES string of the molecule is CCC(NCc1sccc1Br)c1ccc(C)cc1. The van der Waals surface area contributed by atoms with E-state index in [2.05, 4.69) is 70.8 Å². The summed E-state index contributed by atoms with van der Waals surface area (Å²) < 4.78 is 1.21. The Labute approximate surface area is 121 Å². The molecule has 2 rings (SSSR count). The van der Waals surface area contributed by atoms with Crippen LogP contribution >= 0.6 is 27.3 Å². The van der Waals surface area contributed by atoms with Crippen molar-refractivity contribution in [2.75, 3.05) is 0 Å². The molecule has 0 saturated heterocycles. The van der Waals surface area contributed by atoms with Crippen LogP contribution in [0.25, 0.3) is 0 Å². The quantitative estimate of drug-likeness (QED) is 0.810. The van der Waals surface area contributed by atoms with Crippen molar-refractivity contribution >= 4 is 27.3 Å². The lowest BCUT2D eigenvalue weighted by atomic mass is 10.0. The van der Waals surface area contributed by atoms with Crippen LogP contribution in [0.3, 0.4) is 0 Å². The van der Waals surface area contributed by atoms with Crippen molar-refractivity contribution in [3.05, 3.63) is 56.2 Å². The first-order valence-electron chi connectivity index (χ1n) is 6.22. The maximum atomic E-state index is 3.63. The van der Waals surface area contributed by atoms with Gasteiger partial charge < -0.3 is 5.32 Å². The van der Waals surface area contributed by atoms with E-state index in [0.717, 1.165) is 13.0 Å². The lowest BCUT2D eigenvalue weighted by Gasteiger charge is -2.17. The Morgan fingerprint density at radius 1 is 1.22 bits per heavy atom. The van der Waals surface area contributed by atoms with Gasteiger partial charge in [-0.15, -0.1) is 11.3 Å². The molecule has 1 nitrogen and oxygen atoms in total. The molecule has 0 amide bonds. The predicted octanol–water partition coefficient (Wildman–Crippen LogP) is 5.06. The van der Waals surface area contributed by atoms with Crippen LogP contribution in [0.15, 0.2) is 40.2 Å². The van der Waals surface area contributed by atoms with Crippen LogP contribution in [-0.4, -0.2) is 0 Å². The van der Waals surface area contributed by atoms with Gasteiger partial charge in [0.1, 0.15) is 0 Å². The first kappa shape index (κ1) is 13.8. The number of nitrogens with one attached hydrogen (secondary N) is 1. The molecule has 1 atom stereocenters. The van der Waals surface area contributed by atoms with Crippen LogP contribution < -0.4 is 5.32 Å². The third-order valence-corrected chi connectivity index (χ3v) is 5.01. The maximum Gasteiger partial charge on any atom is 0.0327 e. The molecule has 0 radical (unpaired) electrons. The van der Waals surface area contributed by atoms with Gasteiger partial charge in [-0.25, -0.2) is 0 Å². The highest BCUT2D eigenvalue weighted by molar-refractivity contribution is 9.10. The summed E-state index contributed by atoms with van der Waals surface area (Å²) in [6.45, 7) is 5.27. The summed E-state index contributed by atoms with van der Waals surface area (Å²) in [5, 5.41) is 5.75. The second-order valence-electron chi connectivity index (χ2n) is 4.44. The van der Waals surface area contributed by atoms with Gasteiger partial charge in [0.05, 0.1) is 0 Å². The predicted molar refractivity (Wildman–Crippen MR) is 83.1 cm³/mol. The van der Waals surface area contributed by atoms with Crippen LogP contribution in [0.1, 0.15) is 35.4 Å². The van der Waals surface area contributed by atoms with Crippen molar-refractivity contribution < 1.29 is 0 Å². The number of benzene rings is 1. The third kappa shape index (κ3) is 3.44. The summed E-state index contributed by atoms with van der Waals surface area (Å²) in [5.74, 6) is 0. The van der Waals surface area contributed by atoms with Crippen LogP contribution in [0.5, 0.6) is 0 Å². The van der Waals surface area contributed by atoms with Gasteiger partial charge >= 0.3 is 0 Å². The summed E-state index contributed by atoms with van der Waals surface area (Å²) in [4.78, 5) is 1.36. The van der Waals surface area contributed by atoms with E-state index in [-0.39, 0.29) is 0 Å². The average molecular weight is 324 g/mol. The highest BCUT2D eigenvalue weighted by Crippen LogP contribution is 2.24. The third-order valence-electron chi connectivity index (χ3n) is 3.09. The molecule has 0 spiro atoms. The second kappa shape index (κ2) is 6.50. The maximum absolute atomic E-state index is 3.63. The molecule has 2 aromatic rings. The van der Waals surface area contributed by atoms with Gasteiger partial charge in [0, 0.05) is 21.9 Å². The van der Waals surface area contributed by atoms with E-state index in [1.54, 1.807) is 11.3 Å². The molecule has 0 saturated carbocycles. The molecule has 1 aromatic heterocycles. The molecular formula is C15H18BrNS. The number of halogens is 1. The Bertz CT molecular complexity index is 489. The van der Waals surface area contributed by atoms with E-state index in [4.69, 9.17) is 0 Å². The smallest absolute Gasteiger partial charge is 0.0327 e. The molecule has 1 heterocycles. The van der Waals surface area contributed by atoms with Crippen molar-refractivity contribution in [3.63, 3.8) is 0 Å². The largest absolute Gasteiger partial charge is 0.305 e. The van der Waals surface area contributed by atoms with Gasteiger partial charge in [0.15, 0.2) is 0 Å². The first-order chi connectivity index (χ1) is 8.70. The molecule has 1 aromatic carbocycles. The Morgan fingerprint density at radius 3 is 2.50 bits per heavy atom. The normalized spacial score (nSPS) is 12.6. The van der Waals surface area contributed by atoms with E-state index in [9.17, 15) is 0 Å². The fourth-order valence-electron chi connectivity index (χ4n) is 1.96. The summed E-state index contributed by atoms with van der Waals surface area (Å²) in [6, 6.07) is 11.3. The monoisotopic (exact) mass is 323 g/mol. The van der Waals surface area contributed by atoms with Crippen LogP contribution in [-0.2, 0) is 6.54 Å². The minimum atomic E-state index is 0.430. The van der Waals surface area contributed by atoms with Crippen molar-refractivity contribution in [1.82, 2.24) is 5.32 Å². The van der Waals surface area contributed by atoms with Crippen molar-refractivity contribution in [3.8, 4) is 0 Å². The molecule has 0 aliphatic carbocycles. The van der Waals surface area contributed by atoms with Gasteiger partial charge in [-0.2, -0.15) is 0 Å². The Kier molecular flexibility index (Phi) is 4.98. The summed E-state index contributed by atoms with van der Waals surface area (Å²) in [7, 11) is 0. The topological polar surface area (TPSA) is 12.0 Å².